The molecule has 19 heavy (non-hydrogen) atoms. The van der Waals surface area contributed by atoms with E-state index in [4.69, 9.17) is 14.6 Å². The molecule has 0 aliphatic heterocycles. The van der Waals surface area contributed by atoms with Crippen LogP contribution in [0.5, 0.6) is 11.5 Å². The Morgan fingerprint density at radius 1 is 1.26 bits per heavy atom. The van der Waals surface area contributed by atoms with Gasteiger partial charge < -0.3 is 19.9 Å². The van der Waals surface area contributed by atoms with E-state index in [2.05, 4.69) is 19.2 Å². The zero-order valence-corrected chi connectivity index (χ0v) is 12.1. The summed E-state index contributed by atoms with van der Waals surface area (Å²) in [6.07, 6.45) is 1.88. The third-order valence-corrected chi connectivity index (χ3v) is 3.00. The van der Waals surface area contributed by atoms with Crippen molar-refractivity contribution in [1.82, 2.24) is 5.32 Å². The van der Waals surface area contributed by atoms with Crippen LogP contribution in [-0.2, 0) is 6.54 Å². The Bertz CT molecular complexity index is 364. The van der Waals surface area contributed by atoms with Crippen LogP contribution in [0.1, 0.15) is 32.3 Å². The predicted octanol–water partition coefficient (Wildman–Crippen LogP) is 2.34. The van der Waals surface area contributed by atoms with Crippen molar-refractivity contribution in [2.24, 2.45) is 0 Å². The molecule has 0 bridgehead atoms. The van der Waals surface area contributed by atoms with Gasteiger partial charge in [-0.3, -0.25) is 0 Å². The van der Waals surface area contributed by atoms with Gasteiger partial charge in [-0.05, 0) is 30.5 Å². The van der Waals surface area contributed by atoms with E-state index in [-0.39, 0.29) is 12.6 Å². The highest BCUT2D eigenvalue weighted by molar-refractivity contribution is 5.42. The summed E-state index contributed by atoms with van der Waals surface area (Å²) in [7, 11) is 1.65. The van der Waals surface area contributed by atoms with Crippen LogP contribution >= 0.6 is 0 Å². The van der Waals surface area contributed by atoms with Gasteiger partial charge in [-0.25, -0.2) is 0 Å². The molecule has 0 amide bonds. The van der Waals surface area contributed by atoms with E-state index in [0.717, 1.165) is 29.9 Å². The molecule has 0 aliphatic carbocycles. The summed E-state index contributed by atoms with van der Waals surface area (Å²) < 4.78 is 11.0. The highest BCUT2D eigenvalue weighted by Gasteiger charge is 2.07. The van der Waals surface area contributed by atoms with E-state index in [1.807, 2.05) is 18.2 Å². The standard InChI is InChI=1S/C15H25NO3/c1-4-8-19-14-7-6-12(9-15(14)18-3)10-16-13(5-2)11-17/h6-7,9,13,16-17H,4-5,8,10-11H2,1-3H3. The molecule has 1 rings (SSSR count). The summed E-state index contributed by atoms with van der Waals surface area (Å²) in [5.74, 6) is 1.53. The second-order valence-electron chi connectivity index (χ2n) is 4.50. The van der Waals surface area contributed by atoms with Crippen LogP contribution in [0, 0.1) is 0 Å². The molecule has 0 spiro atoms. The van der Waals surface area contributed by atoms with Crippen molar-refractivity contribution in [1.29, 1.82) is 0 Å². The summed E-state index contributed by atoms with van der Waals surface area (Å²) >= 11 is 0. The first-order valence-corrected chi connectivity index (χ1v) is 6.89. The molecule has 4 nitrogen and oxygen atoms in total. The smallest absolute Gasteiger partial charge is 0.161 e. The van der Waals surface area contributed by atoms with Crippen LogP contribution in [0.25, 0.3) is 0 Å². The Morgan fingerprint density at radius 3 is 2.63 bits per heavy atom. The fourth-order valence-electron chi connectivity index (χ4n) is 1.75. The van der Waals surface area contributed by atoms with E-state index in [1.54, 1.807) is 7.11 Å². The average Bonchev–Trinajstić information content (AvgIpc) is 2.46. The molecule has 108 valence electrons. The first-order valence-electron chi connectivity index (χ1n) is 6.89. The Morgan fingerprint density at radius 2 is 2.05 bits per heavy atom. The van der Waals surface area contributed by atoms with Crippen molar-refractivity contribution < 1.29 is 14.6 Å². The Labute approximate surface area is 115 Å². The number of nitrogens with one attached hydrogen (secondary N) is 1. The highest BCUT2D eigenvalue weighted by atomic mass is 16.5. The Balaban J connectivity index is 2.65. The van der Waals surface area contributed by atoms with Crippen LogP contribution < -0.4 is 14.8 Å². The summed E-state index contributed by atoms with van der Waals surface area (Å²) in [5.41, 5.74) is 1.12. The van der Waals surface area contributed by atoms with Gasteiger partial charge >= 0.3 is 0 Å². The lowest BCUT2D eigenvalue weighted by Gasteiger charge is -2.15. The highest BCUT2D eigenvalue weighted by Crippen LogP contribution is 2.28. The third-order valence-electron chi connectivity index (χ3n) is 3.00. The molecule has 0 radical (unpaired) electrons. The molecular formula is C15H25NO3. The van der Waals surface area contributed by atoms with Gasteiger partial charge in [-0.1, -0.05) is 19.9 Å². The second kappa shape index (κ2) is 8.77. The average molecular weight is 267 g/mol. The number of ether oxygens (including phenoxy) is 2. The largest absolute Gasteiger partial charge is 0.493 e. The molecule has 0 saturated heterocycles. The van der Waals surface area contributed by atoms with Gasteiger partial charge in [-0.15, -0.1) is 0 Å². The van der Waals surface area contributed by atoms with Gasteiger partial charge in [-0.2, -0.15) is 0 Å². The topological polar surface area (TPSA) is 50.7 Å². The molecule has 4 heteroatoms. The lowest BCUT2D eigenvalue weighted by molar-refractivity contribution is 0.238. The monoisotopic (exact) mass is 267 g/mol. The van der Waals surface area contributed by atoms with Crippen LogP contribution in [0.4, 0.5) is 0 Å². The van der Waals surface area contributed by atoms with Gasteiger partial charge in [0.15, 0.2) is 11.5 Å². The maximum absolute atomic E-state index is 9.14. The molecule has 1 unspecified atom stereocenters. The molecule has 0 saturated carbocycles. The van der Waals surface area contributed by atoms with Crippen molar-refractivity contribution in [3.8, 4) is 11.5 Å². The van der Waals surface area contributed by atoms with Crippen LogP contribution in [0.3, 0.4) is 0 Å². The number of rotatable bonds is 9. The maximum atomic E-state index is 9.14. The molecule has 1 atom stereocenters. The molecule has 0 fully saturated rings. The summed E-state index contributed by atoms with van der Waals surface area (Å²) in [5, 5.41) is 12.4. The van der Waals surface area contributed by atoms with Gasteiger partial charge in [0.25, 0.3) is 0 Å². The van der Waals surface area contributed by atoms with E-state index in [9.17, 15) is 0 Å². The van der Waals surface area contributed by atoms with Crippen molar-refractivity contribution >= 4 is 0 Å². The summed E-state index contributed by atoms with van der Waals surface area (Å²) in [6.45, 7) is 5.69. The number of hydrogen-bond donors (Lipinski definition) is 2. The number of aliphatic hydroxyl groups is 1. The molecular weight excluding hydrogens is 242 g/mol. The second-order valence-corrected chi connectivity index (χ2v) is 4.50. The minimum absolute atomic E-state index is 0.141. The zero-order valence-electron chi connectivity index (χ0n) is 12.1. The van der Waals surface area contributed by atoms with Crippen molar-refractivity contribution in [3.05, 3.63) is 23.8 Å². The van der Waals surface area contributed by atoms with E-state index in [0.29, 0.717) is 13.2 Å². The number of hydrogen-bond acceptors (Lipinski definition) is 4. The molecule has 1 aromatic carbocycles. The van der Waals surface area contributed by atoms with Gasteiger partial charge in [0.05, 0.1) is 20.3 Å². The first-order chi connectivity index (χ1) is 9.24. The SMILES string of the molecule is CCCOc1ccc(CNC(CC)CO)cc1OC. The quantitative estimate of drug-likeness (QED) is 0.721. The maximum Gasteiger partial charge on any atom is 0.161 e. The zero-order chi connectivity index (χ0) is 14.1. The third kappa shape index (κ3) is 5.09. The van der Waals surface area contributed by atoms with E-state index in [1.165, 1.54) is 0 Å². The van der Waals surface area contributed by atoms with Crippen molar-refractivity contribution in [3.63, 3.8) is 0 Å². The number of aliphatic hydroxyl groups excluding tert-OH is 1. The minimum Gasteiger partial charge on any atom is -0.493 e. The van der Waals surface area contributed by atoms with Gasteiger partial charge in [0.1, 0.15) is 0 Å². The van der Waals surface area contributed by atoms with Crippen LogP contribution in [0.2, 0.25) is 0 Å². The number of benzene rings is 1. The molecule has 0 aliphatic rings. The minimum atomic E-state index is 0.141. The molecule has 0 heterocycles. The summed E-state index contributed by atoms with van der Waals surface area (Å²) in [6, 6.07) is 6.07. The summed E-state index contributed by atoms with van der Waals surface area (Å²) in [4.78, 5) is 0. The van der Waals surface area contributed by atoms with Crippen LogP contribution in [0.15, 0.2) is 18.2 Å². The normalized spacial score (nSPS) is 12.2. The Hall–Kier alpha value is -1.26. The van der Waals surface area contributed by atoms with Gasteiger partial charge in [0.2, 0.25) is 0 Å². The van der Waals surface area contributed by atoms with Crippen LogP contribution in [-0.4, -0.2) is 31.5 Å². The van der Waals surface area contributed by atoms with E-state index < -0.39 is 0 Å². The number of methoxy groups -OCH3 is 1. The predicted molar refractivity (Wildman–Crippen MR) is 76.8 cm³/mol. The molecule has 2 N–H and O–H groups in total. The fraction of sp³-hybridized carbons (Fsp3) is 0.600. The Kier molecular flexibility index (Phi) is 7.30. The molecule has 0 aromatic heterocycles. The van der Waals surface area contributed by atoms with Crippen molar-refractivity contribution in [2.45, 2.75) is 39.3 Å². The van der Waals surface area contributed by atoms with E-state index >= 15 is 0 Å². The fourth-order valence-corrected chi connectivity index (χ4v) is 1.75. The molecule has 1 aromatic rings. The van der Waals surface area contributed by atoms with Gasteiger partial charge in [0, 0.05) is 12.6 Å². The lowest BCUT2D eigenvalue weighted by atomic mass is 10.1. The first kappa shape index (κ1) is 15.8. The van der Waals surface area contributed by atoms with Crippen molar-refractivity contribution in [2.75, 3.05) is 20.3 Å². The lowest BCUT2D eigenvalue weighted by Crippen LogP contribution is -2.31.